The van der Waals surface area contributed by atoms with E-state index in [0.717, 1.165) is 18.9 Å². The number of ether oxygens (including phenoxy) is 1. The Balaban J connectivity index is 1.94. The predicted molar refractivity (Wildman–Crippen MR) is 97.0 cm³/mol. The minimum absolute atomic E-state index is 0.0465. The first kappa shape index (κ1) is 18.0. The minimum atomic E-state index is -0.812. The second-order valence-corrected chi connectivity index (χ2v) is 7.24. The number of H-pyrrole nitrogens is 1. The fourth-order valence-corrected chi connectivity index (χ4v) is 3.91. The number of aromatic amines is 1. The molecule has 1 aromatic heterocycles. The molecule has 9 heteroatoms. The van der Waals surface area contributed by atoms with Gasteiger partial charge in [0.15, 0.2) is 11.6 Å². The molecule has 2 atom stereocenters. The van der Waals surface area contributed by atoms with Crippen molar-refractivity contribution >= 4 is 16.6 Å². The van der Waals surface area contributed by atoms with Gasteiger partial charge < -0.3 is 19.8 Å². The van der Waals surface area contributed by atoms with E-state index in [1.165, 1.54) is 11.7 Å². The molecule has 3 N–H and O–H groups in total. The van der Waals surface area contributed by atoms with Crippen LogP contribution in [-0.2, 0) is 0 Å². The molecule has 0 radical (unpaired) electrons. The SMILES string of the molecule is COc1c(N2CCC(CO)C(O)C2)c(F)cc2c(=O)[nH]c(=O)n(C3CC3)c12. The van der Waals surface area contributed by atoms with Gasteiger partial charge in [0, 0.05) is 31.7 Å². The van der Waals surface area contributed by atoms with Crippen molar-refractivity contribution in [1.29, 1.82) is 0 Å². The molecule has 2 heterocycles. The quantitative estimate of drug-likeness (QED) is 0.708. The van der Waals surface area contributed by atoms with E-state index < -0.39 is 23.2 Å². The second-order valence-electron chi connectivity index (χ2n) is 7.24. The van der Waals surface area contributed by atoms with Crippen molar-refractivity contribution in [2.75, 3.05) is 31.7 Å². The van der Waals surface area contributed by atoms with Crippen LogP contribution in [-0.4, -0.2) is 52.7 Å². The molecule has 1 saturated heterocycles. The van der Waals surface area contributed by atoms with Crippen LogP contribution >= 0.6 is 0 Å². The minimum Gasteiger partial charge on any atom is -0.492 e. The molecule has 2 unspecified atom stereocenters. The molecule has 1 aliphatic carbocycles. The Labute approximate surface area is 153 Å². The lowest BCUT2D eigenvalue weighted by molar-refractivity contribution is 0.0545. The van der Waals surface area contributed by atoms with Gasteiger partial charge in [-0.15, -0.1) is 0 Å². The van der Waals surface area contributed by atoms with E-state index >= 15 is 0 Å². The lowest BCUT2D eigenvalue weighted by Crippen LogP contribution is -2.45. The number of nitrogens with zero attached hydrogens (tertiary/aromatic N) is 2. The molecule has 2 fully saturated rings. The highest BCUT2D eigenvalue weighted by Crippen LogP contribution is 2.43. The first-order valence-electron chi connectivity index (χ1n) is 9.05. The summed E-state index contributed by atoms with van der Waals surface area (Å²) in [6, 6.07) is 1.07. The maximum atomic E-state index is 15.0. The average molecular weight is 379 g/mol. The lowest BCUT2D eigenvalue weighted by Gasteiger charge is -2.37. The lowest BCUT2D eigenvalue weighted by atomic mass is 9.94. The van der Waals surface area contributed by atoms with E-state index in [1.807, 2.05) is 0 Å². The van der Waals surface area contributed by atoms with Crippen LogP contribution in [0.25, 0.3) is 10.9 Å². The topological polar surface area (TPSA) is 108 Å². The summed E-state index contributed by atoms with van der Waals surface area (Å²) in [5.41, 5.74) is -0.789. The zero-order valence-corrected chi connectivity index (χ0v) is 14.9. The molecule has 2 aromatic rings. The zero-order valence-electron chi connectivity index (χ0n) is 14.9. The molecule has 146 valence electrons. The van der Waals surface area contributed by atoms with Crippen LogP contribution in [0.15, 0.2) is 15.7 Å². The first-order chi connectivity index (χ1) is 13.0. The van der Waals surface area contributed by atoms with E-state index in [9.17, 15) is 24.2 Å². The second kappa shape index (κ2) is 6.65. The summed E-state index contributed by atoms with van der Waals surface area (Å²) in [5.74, 6) is -0.793. The number of piperidine rings is 1. The van der Waals surface area contributed by atoms with Gasteiger partial charge in [0.05, 0.1) is 18.6 Å². The third kappa shape index (κ3) is 2.90. The highest BCUT2D eigenvalue weighted by atomic mass is 19.1. The molecular weight excluding hydrogens is 357 g/mol. The third-order valence-corrected chi connectivity index (χ3v) is 5.50. The molecule has 2 aliphatic rings. The number of halogens is 1. The Morgan fingerprint density at radius 2 is 2.07 bits per heavy atom. The van der Waals surface area contributed by atoms with Gasteiger partial charge in [0.1, 0.15) is 11.2 Å². The molecule has 1 aliphatic heterocycles. The highest BCUT2D eigenvalue weighted by Gasteiger charge is 2.34. The summed E-state index contributed by atoms with van der Waals surface area (Å²) in [6.45, 7) is 0.404. The van der Waals surface area contributed by atoms with E-state index in [-0.39, 0.29) is 47.5 Å². The van der Waals surface area contributed by atoms with Crippen LogP contribution in [0.3, 0.4) is 0 Å². The smallest absolute Gasteiger partial charge is 0.329 e. The van der Waals surface area contributed by atoms with Crippen LogP contribution in [0, 0.1) is 11.7 Å². The number of aromatic nitrogens is 2. The fourth-order valence-electron chi connectivity index (χ4n) is 3.91. The molecule has 0 amide bonds. The zero-order chi connectivity index (χ0) is 19.3. The number of rotatable bonds is 4. The van der Waals surface area contributed by atoms with Crippen molar-refractivity contribution in [3.05, 3.63) is 32.7 Å². The fraction of sp³-hybridized carbons (Fsp3) is 0.556. The average Bonchev–Trinajstić information content (AvgIpc) is 3.46. The number of aliphatic hydroxyl groups is 2. The molecule has 0 bridgehead atoms. The number of fused-ring (bicyclic) bond motifs is 1. The summed E-state index contributed by atoms with van der Waals surface area (Å²) in [7, 11) is 1.37. The Hall–Kier alpha value is -2.39. The summed E-state index contributed by atoms with van der Waals surface area (Å²) in [6.07, 6.45) is 1.28. The molecule has 1 aromatic carbocycles. The number of nitrogens with one attached hydrogen (secondary N) is 1. The molecular formula is C18H22FN3O5. The van der Waals surface area contributed by atoms with E-state index in [4.69, 9.17) is 4.74 Å². The van der Waals surface area contributed by atoms with Crippen molar-refractivity contribution in [3.8, 4) is 5.75 Å². The number of aliphatic hydroxyl groups excluding tert-OH is 2. The summed E-state index contributed by atoms with van der Waals surface area (Å²) >= 11 is 0. The number of methoxy groups -OCH3 is 1. The number of hydrogen-bond donors (Lipinski definition) is 3. The van der Waals surface area contributed by atoms with Crippen LogP contribution < -0.4 is 20.9 Å². The Kier molecular flexibility index (Phi) is 4.43. The van der Waals surface area contributed by atoms with Crippen LogP contribution in [0.4, 0.5) is 10.1 Å². The van der Waals surface area contributed by atoms with Gasteiger partial charge in [-0.25, -0.2) is 9.18 Å². The molecule has 27 heavy (non-hydrogen) atoms. The summed E-state index contributed by atoms with van der Waals surface area (Å²) in [4.78, 5) is 28.5. The van der Waals surface area contributed by atoms with Crippen LogP contribution in [0.5, 0.6) is 5.75 Å². The number of β-amino-alcohol motifs (C(OH)–C–C–N with tert-alkyl or cyclic N) is 1. The van der Waals surface area contributed by atoms with Gasteiger partial charge in [-0.05, 0) is 25.3 Å². The number of anilines is 1. The van der Waals surface area contributed by atoms with Gasteiger partial charge in [0.2, 0.25) is 0 Å². The summed E-state index contributed by atoms with van der Waals surface area (Å²) in [5, 5.41) is 19.6. The van der Waals surface area contributed by atoms with Crippen molar-refractivity contribution in [2.24, 2.45) is 5.92 Å². The monoisotopic (exact) mass is 379 g/mol. The Morgan fingerprint density at radius 3 is 2.67 bits per heavy atom. The van der Waals surface area contributed by atoms with E-state index in [0.29, 0.717) is 13.0 Å². The normalized spacial score (nSPS) is 23.0. The third-order valence-electron chi connectivity index (χ3n) is 5.50. The molecule has 1 saturated carbocycles. The molecule has 8 nitrogen and oxygen atoms in total. The van der Waals surface area contributed by atoms with Crippen LogP contribution in [0.1, 0.15) is 25.3 Å². The summed E-state index contributed by atoms with van der Waals surface area (Å²) < 4.78 is 21.9. The number of benzene rings is 1. The van der Waals surface area contributed by atoms with Crippen molar-refractivity contribution in [2.45, 2.75) is 31.4 Å². The van der Waals surface area contributed by atoms with Gasteiger partial charge >= 0.3 is 5.69 Å². The Morgan fingerprint density at radius 1 is 1.33 bits per heavy atom. The van der Waals surface area contributed by atoms with Crippen LogP contribution in [0.2, 0.25) is 0 Å². The molecule has 0 spiro atoms. The van der Waals surface area contributed by atoms with Gasteiger partial charge in [-0.1, -0.05) is 0 Å². The number of hydrogen-bond acceptors (Lipinski definition) is 6. The maximum Gasteiger partial charge on any atom is 0.329 e. The maximum absolute atomic E-state index is 15.0. The van der Waals surface area contributed by atoms with E-state index in [2.05, 4.69) is 4.98 Å². The van der Waals surface area contributed by atoms with Crippen molar-refractivity contribution in [1.82, 2.24) is 9.55 Å². The van der Waals surface area contributed by atoms with Gasteiger partial charge in [-0.2, -0.15) is 0 Å². The largest absolute Gasteiger partial charge is 0.492 e. The van der Waals surface area contributed by atoms with Crippen molar-refractivity contribution < 1.29 is 19.3 Å². The molecule has 4 rings (SSSR count). The van der Waals surface area contributed by atoms with Crippen molar-refractivity contribution in [3.63, 3.8) is 0 Å². The highest BCUT2D eigenvalue weighted by molar-refractivity contribution is 5.91. The van der Waals surface area contributed by atoms with Gasteiger partial charge in [-0.3, -0.25) is 14.3 Å². The standard InChI is InChI=1S/C18H22FN3O5/c1-27-16-14-11(17(25)20-18(26)22(14)10-2-3-10)6-12(19)15(16)21-5-4-9(8-23)13(24)7-21/h6,9-10,13,23-24H,2-5,7-8H2,1H3,(H,20,25,26). The van der Waals surface area contributed by atoms with Gasteiger partial charge in [0.25, 0.3) is 5.56 Å². The predicted octanol–water partition coefficient (Wildman–Crippen LogP) is 0.352. The van der Waals surface area contributed by atoms with E-state index in [1.54, 1.807) is 4.90 Å². The Bertz CT molecular complexity index is 997. The first-order valence-corrected chi connectivity index (χ1v) is 9.05.